The van der Waals surface area contributed by atoms with Crippen LogP contribution in [0, 0.1) is 0 Å². The zero-order valence-corrected chi connectivity index (χ0v) is 15.4. The summed E-state index contributed by atoms with van der Waals surface area (Å²) in [5, 5.41) is 3.54. The third kappa shape index (κ3) is 4.31. The molecule has 146 valence electrons. The van der Waals surface area contributed by atoms with Gasteiger partial charge >= 0.3 is 6.18 Å². The normalized spacial score (nSPS) is 12.8. The second kappa shape index (κ2) is 7.98. The summed E-state index contributed by atoms with van der Waals surface area (Å²) in [4.78, 5) is 16.7. The van der Waals surface area contributed by atoms with Crippen LogP contribution in [0.4, 0.5) is 13.2 Å². The van der Waals surface area contributed by atoms with Crippen molar-refractivity contribution >= 4 is 16.8 Å². The Morgan fingerprint density at radius 2 is 1.89 bits per heavy atom. The van der Waals surface area contributed by atoms with Crippen molar-refractivity contribution in [1.82, 2.24) is 10.3 Å². The van der Waals surface area contributed by atoms with Gasteiger partial charge in [-0.05, 0) is 30.7 Å². The number of amides is 1. The number of ether oxygens (including phenoxy) is 1. The van der Waals surface area contributed by atoms with E-state index < -0.39 is 11.7 Å². The summed E-state index contributed by atoms with van der Waals surface area (Å²) >= 11 is 0. The summed E-state index contributed by atoms with van der Waals surface area (Å²) in [6.07, 6.45) is -2.91. The second-order valence-electron chi connectivity index (χ2n) is 6.51. The van der Waals surface area contributed by atoms with Gasteiger partial charge in [-0.15, -0.1) is 0 Å². The number of aromatic nitrogens is 1. The van der Waals surface area contributed by atoms with Gasteiger partial charge in [-0.2, -0.15) is 13.2 Å². The maximum Gasteiger partial charge on any atom is 0.416 e. The van der Waals surface area contributed by atoms with Crippen molar-refractivity contribution in [3.63, 3.8) is 0 Å². The summed E-state index contributed by atoms with van der Waals surface area (Å²) in [5.74, 6) is -0.265. The first kappa shape index (κ1) is 19.8. The number of methoxy groups -OCH3 is 1. The molecule has 1 heterocycles. The third-order valence-corrected chi connectivity index (χ3v) is 4.29. The number of nitrogens with one attached hydrogen (secondary N) is 1. The number of halogens is 3. The first-order chi connectivity index (χ1) is 13.3. The number of rotatable bonds is 5. The Labute approximate surface area is 160 Å². The minimum absolute atomic E-state index is 0.147. The summed E-state index contributed by atoms with van der Waals surface area (Å²) in [5.41, 5.74) is 1.64. The smallest absolute Gasteiger partial charge is 0.383 e. The Morgan fingerprint density at radius 3 is 2.54 bits per heavy atom. The monoisotopic (exact) mass is 388 g/mol. The molecular weight excluding hydrogens is 369 g/mol. The van der Waals surface area contributed by atoms with E-state index in [2.05, 4.69) is 10.3 Å². The van der Waals surface area contributed by atoms with Gasteiger partial charge in [0.2, 0.25) is 0 Å². The van der Waals surface area contributed by atoms with E-state index in [1.807, 2.05) is 13.0 Å². The maximum atomic E-state index is 12.8. The van der Waals surface area contributed by atoms with Gasteiger partial charge in [0.05, 0.1) is 23.3 Å². The molecule has 1 unspecified atom stereocenters. The van der Waals surface area contributed by atoms with E-state index in [0.29, 0.717) is 28.8 Å². The summed E-state index contributed by atoms with van der Waals surface area (Å²) in [7, 11) is 1.56. The molecule has 0 spiro atoms. The average Bonchev–Trinajstić information content (AvgIpc) is 2.66. The van der Waals surface area contributed by atoms with E-state index in [0.717, 1.165) is 17.5 Å². The molecule has 0 bridgehead atoms. The molecule has 1 atom stereocenters. The number of hydrogen-bond donors (Lipinski definition) is 1. The van der Waals surface area contributed by atoms with Crippen LogP contribution in [0.5, 0.6) is 0 Å². The topological polar surface area (TPSA) is 51.2 Å². The fraction of sp³-hybridized carbons (Fsp3) is 0.238. The van der Waals surface area contributed by atoms with E-state index in [1.165, 1.54) is 18.3 Å². The van der Waals surface area contributed by atoms with Gasteiger partial charge in [-0.1, -0.05) is 30.3 Å². The molecular formula is C21H19F3N2O2. The van der Waals surface area contributed by atoms with Crippen LogP contribution in [0.1, 0.15) is 22.8 Å². The molecule has 0 fully saturated rings. The Hall–Kier alpha value is -2.93. The highest BCUT2D eigenvalue weighted by Gasteiger charge is 2.30. The molecule has 0 aliphatic heterocycles. The molecule has 28 heavy (non-hydrogen) atoms. The number of carbonyl (C=O) groups excluding carboxylic acids is 1. The van der Waals surface area contributed by atoms with E-state index in [9.17, 15) is 18.0 Å². The largest absolute Gasteiger partial charge is 0.416 e. The lowest BCUT2D eigenvalue weighted by atomic mass is 10.00. The van der Waals surface area contributed by atoms with Crippen molar-refractivity contribution in [3.05, 3.63) is 65.9 Å². The molecule has 0 saturated carbocycles. The Morgan fingerprint density at radius 1 is 1.18 bits per heavy atom. The van der Waals surface area contributed by atoms with Crippen LogP contribution in [0.15, 0.2) is 54.7 Å². The molecule has 1 amide bonds. The molecule has 7 heteroatoms. The molecule has 3 rings (SSSR count). The fourth-order valence-corrected chi connectivity index (χ4v) is 2.96. The van der Waals surface area contributed by atoms with Crippen LogP contribution in [0.25, 0.3) is 22.0 Å². The summed E-state index contributed by atoms with van der Waals surface area (Å²) < 4.78 is 43.3. The predicted octanol–water partition coefficient (Wildman–Crippen LogP) is 4.69. The van der Waals surface area contributed by atoms with Crippen LogP contribution < -0.4 is 5.32 Å². The standard InChI is InChI=1S/C21H19F3N2O2/c1-13(12-28-2)26-20(27)16-10-15-4-3-5-18(19(15)25-11-16)14-6-8-17(9-7-14)21(22,23)24/h3-11,13H,12H2,1-2H3,(H,26,27). The average molecular weight is 388 g/mol. The lowest BCUT2D eigenvalue weighted by Gasteiger charge is -2.13. The van der Waals surface area contributed by atoms with E-state index in [1.54, 1.807) is 25.3 Å². The molecule has 0 aliphatic rings. The molecule has 0 aliphatic carbocycles. The lowest BCUT2D eigenvalue weighted by Crippen LogP contribution is -2.35. The number of hydrogen-bond acceptors (Lipinski definition) is 3. The Bertz CT molecular complexity index is 985. The van der Waals surface area contributed by atoms with Crippen molar-refractivity contribution < 1.29 is 22.7 Å². The van der Waals surface area contributed by atoms with Gasteiger partial charge in [-0.25, -0.2) is 0 Å². The van der Waals surface area contributed by atoms with E-state index in [4.69, 9.17) is 4.74 Å². The first-order valence-electron chi connectivity index (χ1n) is 8.66. The van der Waals surface area contributed by atoms with Crippen LogP contribution in [0.2, 0.25) is 0 Å². The minimum Gasteiger partial charge on any atom is -0.383 e. The van der Waals surface area contributed by atoms with Crippen LogP contribution in [0.3, 0.4) is 0 Å². The Balaban J connectivity index is 1.93. The molecule has 1 aromatic heterocycles. The quantitative estimate of drug-likeness (QED) is 0.690. The van der Waals surface area contributed by atoms with Gasteiger partial charge in [0, 0.05) is 30.3 Å². The maximum absolute atomic E-state index is 12.8. The second-order valence-corrected chi connectivity index (χ2v) is 6.51. The number of fused-ring (bicyclic) bond motifs is 1. The molecule has 2 aromatic carbocycles. The van der Waals surface area contributed by atoms with Gasteiger partial charge in [0.1, 0.15) is 0 Å². The molecule has 1 N–H and O–H groups in total. The number of pyridine rings is 1. The van der Waals surface area contributed by atoms with Crippen molar-refractivity contribution in [3.8, 4) is 11.1 Å². The minimum atomic E-state index is -4.38. The molecule has 3 aromatic rings. The van der Waals surface area contributed by atoms with Crippen molar-refractivity contribution in [2.45, 2.75) is 19.1 Å². The number of nitrogens with zero attached hydrogens (tertiary/aromatic N) is 1. The van der Waals surface area contributed by atoms with Crippen molar-refractivity contribution in [2.75, 3.05) is 13.7 Å². The number of carbonyl (C=O) groups is 1. The number of benzene rings is 2. The first-order valence-corrected chi connectivity index (χ1v) is 8.66. The summed E-state index contributed by atoms with van der Waals surface area (Å²) in [6, 6.07) is 11.9. The lowest BCUT2D eigenvalue weighted by molar-refractivity contribution is -0.137. The van der Waals surface area contributed by atoms with Crippen LogP contribution in [-0.4, -0.2) is 30.6 Å². The van der Waals surface area contributed by atoms with Gasteiger partial charge in [0.25, 0.3) is 5.91 Å². The highest BCUT2D eigenvalue weighted by atomic mass is 19.4. The predicted molar refractivity (Wildman–Crippen MR) is 101 cm³/mol. The zero-order chi connectivity index (χ0) is 20.3. The highest BCUT2D eigenvalue weighted by molar-refractivity contribution is 6.00. The van der Waals surface area contributed by atoms with Gasteiger partial charge < -0.3 is 10.1 Å². The third-order valence-electron chi connectivity index (χ3n) is 4.29. The van der Waals surface area contributed by atoms with E-state index >= 15 is 0 Å². The van der Waals surface area contributed by atoms with Crippen molar-refractivity contribution in [1.29, 1.82) is 0 Å². The fourth-order valence-electron chi connectivity index (χ4n) is 2.96. The molecule has 0 radical (unpaired) electrons. The molecule has 4 nitrogen and oxygen atoms in total. The van der Waals surface area contributed by atoms with Crippen LogP contribution >= 0.6 is 0 Å². The highest BCUT2D eigenvalue weighted by Crippen LogP contribution is 2.32. The van der Waals surface area contributed by atoms with Crippen LogP contribution in [-0.2, 0) is 10.9 Å². The zero-order valence-electron chi connectivity index (χ0n) is 15.4. The number of alkyl halides is 3. The summed E-state index contributed by atoms with van der Waals surface area (Å²) in [6.45, 7) is 2.23. The van der Waals surface area contributed by atoms with E-state index in [-0.39, 0.29) is 11.9 Å². The van der Waals surface area contributed by atoms with Gasteiger partial charge in [-0.3, -0.25) is 9.78 Å². The number of para-hydroxylation sites is 1. The SMILES string of the molecule is COCC(C)NC(=O)c1cnc2c(-c3ccc(C(F)(F)F)cc3)cccc2c1. The molecule has 0 saturated heterocycles. The Kier molecular flexibility index (Phi) is 5.65. The van der Waals surface area contributed by atoms with Gasteiger partial charge in [0.15, 0.2) is 0 Å². The van der Waals surface area contributed by atoms with Crippen molar-refractivity contribution in [2.24, 2.45) is 0 Å².